The quantitative estimate of drug-likeness (QED) is 0.813. The van der Waals surface area contributed by atoms with Crippen molar-refractivity contribution in [3.8, 4) is 0 Å². The zero-order chi connectivity index (χ0) is 13.9. The van der Waals surface area contributed by atoms with E-state index in [9.17, 15) is 8.42 Å². The fourth-order valence-corrected chi connectivity index (χ4v) is 3.40. The third kappa shape index (κ3) is 2.85. The Morgan fingerprint density at radius 2 is 1.89 bits per heavy atom. The lowest BCUT2D eigenvalue weighted by atomic mass is 10.4. The van der Waals surface area contributed by atoms with Gasteiger partial charge in [0.05, 0.1) is 10.6 Å². The predicted octanol–water partition coefficient (Wildman–Crippen LogP) is 2.35. The predicted molar refractivity (Wildman–Crippen MR) is 73.7 cm³/mol. The first-order chi connectivity index (χ1) is 9.05. The maximum atomic E-state index is 12.5. The van der Waals surface area contributed by atoms with Gasteiger partial charge in [0.15, 0.2) is 0 Å². The second kappa shape index (κ2) is 5.54. The average molecular weight is 298 g/mol. The highest BCUT2D eigenvalue weighted by Gasteiger charge is 2.23. The topological polar surface area (TPSA) is 63.2 Å². The van der Waals surface area contributed by atoms with Crippen LogP contribution >= 0.6 is 11.6 Å². The Morgan fingerprint density at radius 1 is 1.21 bits per heavy atom. The van der Waals surface area contributed by atoms with Gasteiger partial charge < -0.3 is 0 Å². The lowest BCUT2D eigenvalue weighted by molar-refractivity contribution is 0.591. The van der Waals surface area contributed by atoms with Crippen molar-refractivity contribution in [1.82, 2.24) is 9.97 Å². The van der Waals surface area contributed by atoms with E-state index in [1.165, 1.54) is 22.6 Å². The van der Waals surface area contributed by atoms with Gasteiger partial charge in [0, 0.05) is 25.1 Å². The molecule has 0 fully saturated rings. The molecule has 0 atom stereocenters. The number of pyridine rings is 2. The first-order valence-corrected chi connectivity index (χ1v) is 7.42. The molecular formula is C12H12ClN3O2S. The Hall–Kier alpha value is -1.66. The van der Waals surface area contributed by atoms with E-state index >= 15 is 0 Å². The van der Waals surface area contributed by atoms with Gasteiger partial charge in [0.1, 0.15) is 5.15 Å². The summed E-state index contributed by atoms with van der Waals surface area (Å²) in [6, 6.07) is 6.04. The SMILES string of the molecule is CCN(c1ccncc1)S(=O)(=O)c1ccnc(Cl)c1. The van der Waals surface area contributed by atoms with Crippen molar-refractivity contribution in [2.24, 2.45) is 0 Å². The fraction of sp³-hybridized carbons (Fsp3) is 0.167. The van der Waals surface area contributed by atoms with Crippen LogP contribution in [0.1, 0.15) is 6.92 Å². The molecule has 0 aromatic carbocycles. The Bertz CT molecular complexity index is 662. The summed E-state index contributed by atoms with van der Waals surface area (Å²) in [7, 11) is -3.65. The van der Waals surface area contributed by atoms with Crippen molar-refractivity contribution in [3.63, 3.8) is 0 Å². The summed E-state index contributed by atoms with van der Waals surface area (Å²) >= 11 is 5.74. The van der Waals surface area contributed by atoms with Gasteiger partial charge in [-0.05, 0) is 31.2 Å². The normalized spacial score (nSPS) is 11.3. The van der Waals surface area contributed by atoms with E-state index in [1.807, 2.05) is 0 Å². The fourth-order valence-electron chi connectivity index (χ4n) is 1.67. The maximum Gasteiger partial charge on any atom is 0.264 e. The number of aromatic nitrogens is 2. The molecule has 0 amide bonds. The number of nitrogens with zero attached hydrogens (tertiary/aromatic N) is 3. The number of hydrogen-bond acceptors (Lipinski definition) is 4. The zero-order valence-electron chi connectivity index (χ0n) is 10.2. The second-order valence-corrected chi connectivity index (χ2v) is 5.94. The standard InChI is InChI=1S/C12H12ClN3O2S/c1-2-16(10-3-6-14-7-4-10)19(17,18)11-5-8-15-12(13)9-11/h3-9H,2H2,1H3. The van der Waals surface area contributed by atoms with Crippen molar-refractivity contribution >= 4 is 27.3 Å². The van der Waals surface area contributed by atoms with Crippen molar-refractivity contribution in [1.29, 1.82) is 0 Å². The molecule has 0 N–H and O–H groups in total. The van der Waals surface area contributed by atoms with Crippen molar-refractivity contribution in [2.45, 2.75) is 11.8 Å². The van der Waals surface area contributed by atoms with Gasteiger partial charge in [-0.15, -0.1) is 0 Å². The summed E-state index contributed by atoms with van der Waals surface area (Å²) < 4.78 is 26.4. The second-order valence-electron chi connectivity index (χ2n) is 3.69. The van der Waals surface area contributed by atoms with Crippen molar-refractivity contribution in [3.05, 3.63) is 48.0 Å². The molecule has 0 saturated heterocycles. The summed E-state index contributed by atoms with van der Waals surface area (Å²) in [5.41, 5.74) is 0.561. The number of anilines is 1. The van der Waals surface area contributed by atoms with Crippen molar-refractivity contribution in [2.75, 3.05) is 10.8 Å². The van der Waals surface area contributed by atoms with Crippen LogP contribution in [0.2, 0.25) is 5.15 Å². The van der Waals surface area contributed by atoms with E-state index in [1.54, 1.807) is 31.5 Å². The molecule has 2 aromatic heterocycles. The van der Waals surface area contributed by atoms with Crippen LogP contribution in [-0.4, -0.2) is 24.9 Å². The number of hydrogen-bond donors (Lipinski definition) is 0. The van der Waals surface area contributed by atoms with Crippen LogP contribution < -0.4 is 4.31 Å². The highest BCUT2D eigenvalue weighted by Crippen LogP contribution is 2.23. The van der Waals surface area contributed by atoms with Crippen molar-refractivity contribution < 1.29 is 8.42 Å². The van der Waals surface area contributed by atoms with E-state index in [4.69, 9.17) is 11.6 Å². The van der Waals surface area contributed by atoms with Gasteiger partial charge >= 0.3 is 0 Å². The molecule has 0 spiro atoms. The minimum atomic E-state index is -3.65. The van der Waals surface area contributed by atoms with E-state index in [-0.39, 0.29) is 10.0 Å². The highest BCUT2D eigenvalue weighted by atomic mass is 35.5. The molecule has 0 aliphatic heterocycles. The first kappa shape index (κ1) is 13.8. The summed E-state index contributed by atoms with van der Waals surface area (Å²) in [6.45, 7) is 2.08. The van der Waals surface area contributed by atoms with Crippen LogP contribution in [-0.2, 0) is 10.0 Å². The minimum Gasteiger partial charge on any atom is -0.267 e. The number of halogens is 1. The van der Waals surface area contributed by atoms with Crippen LogP contribution in [0.3, 0.4) is 0 Å². The van der Waals surface area contributed by atoms with Gasteiger partial charge in [-0.2, -0.15) is 0 Å². The van der Waals surface area contributed by atoms with Crippen LogP contribution in [0.4, 0.5) is 5.69 Å². The third-order valence-electron chi connectivity index (χ3n) is 2.52. The molecule has 2 rings (SSSR count). The highest BCUT2D eigenvalue weighted by molar-refractivity contribution is 7.92. The van der Waals surface area contributed by atoms with E-state index in [2.05, 4.69) is 9.97 Å². The Labute approximate surface area is 116 Å². The largest absolute Gasteiger partial charge is 0.267 e. The molecule has 100 valence electrons. The summed E-state index contributed by atoms with van der Waals surface area (Å²) in [5, 5.41) is 0.145. The molecule has 0 unspecified atom stereocenters. The van der Waals surface area contributed by atoms with E-state index in [0.29, 0.717) is 12.2 Å². The molecule has 5 nitrogen and oxygen atoms in total. The lowest BCUT2D eigenvalue weighted by Gasteiger charge is -2.22. The molecule has 2 aromatic rings. The third-order valence-corrected chi connectivity index (χ3v) is 4.63. The smallest absolute Gasteiger partial charge is 0.264 e. The molecule has 2 heterocycles. The molecule has 0 bridgehead atoms. The molecule has 0 aliphatic rings. The zero-order valence-corrected chi connectivity index (χ0v) is 11.8. The summed E-state index contributed by atoms with van der Waals surface area (Å²) in [6.07, 6.45) is 4.47. The summed E-state index contributed by atoms with van der Waals surface area (Å²) in [5.74, 6) is 0. The van der Waals surface area contributed by atoms with Gasteiger partial charge in [0.2, 0.25) is 0 Å². The Kier molecular flexibility index (Phi) is 4.01. The minimum absolute atomic E-state index is 0.117. The molecular weight excluding hydrogens is 286 g/mol. The molecule has 0 aliphatic carbocycles. The van der Waals surface area contributed by atoms with E-state index < -0.39 is 10.0 Å². The van der Waals surface area contributed by atoms with Gasteiger partial charge in [-0.25, -0.2) is 13.4 Å². The molecule has 7 heteroatoms. The van der Waals surface area contributed by atoms with Crippen LogP contribution in [0.25, 0.3) is 0 Å². The number of rotatable bonds is 4. The summed E-state index contributed by atoms with van der Waals surface area (Å²) in [4.78, 5) is 7.78. The average Bonchev–Trinajstić information content (AvgIpc) is 2.40. The van der Waals surface area contributed by atoms with Gasteiger partial charge in [-0.1, -0.05) is 11.6 Å². The molecule has 0 saturated carbocycles. The first-order valence-electron chi connectivity index (χ1n) is 5.60. The van der Waals surface area contributed by atoms with Crippen LogP contribution in [0.5, 0.6) is 0 Å². The lowest BCUT2D eigenvalue weighted by Crippen LogP contribution is -2.30. The monoisotopic (exact) mass is 297 g/mol. The van der Waals surface area contributed by atoms with Gasteiger partial charge in [-0.3, -0.25) is 9.29 Å². The maximum absolute atomic E-state index is 12.5. The van der Waals surface area contributed by atoms with Crippen LogP contribution in [0.15, 0.2) is 47.8 Å². The van der Waals surface area contributed by atoms with Gasteiger partial charge in [0.25, 0.3) is 10.0 Å². The Morgan fingerprint density at radius 3 is 2.47 bits per heavy atom. The number of sulfonamides is 1. The molecule has 19 heavy (non-hydrogen) atoms. The molecule has 0 radical (unpaired) electrons. The van der Waals surface area contributed by atoms with E-state index in [0.717, 1.165) is 0 Å². The van der Waals surface area contributed by atoms with Crippen LogP contribution in [0, 0.1) is 0 Å². The Balaban J connectivity index is 2.48.